The molecule has 2 heterocycles. The van der Waals surface area contributed by atoms with Crippen molar-refractivity contribution in [3.8, 4) is 0 Å². The van der Waals surface area contributed by atoms with Crippen LogP contribution in [0.1, 0.15) is 20.8 Å². The Morgan fingerprint density at radius 1 is 1.41 bits per heavy atom. The van der Waals surface area contributed by atoms with Crippen molar-refractivity contribution in [2.75, 3.05) is 32.8 Å². The van der Waals surface area contributed by atoms with Gasteiger partial charge in [-0.25, -0.2) is 4.79 Å². The Morgan fingerprint density at radius 3 is 2.88 bits per heavy atom. The van der Waals surface area contributed by atoms with Crippen molar-refractivity contribution in [3.63, 3.8) is 0 Å². The second-order valence-corrected chi connectivity index (χ2v) is 5.76. The number of likely N-dealkylation sites (tertiary alicyclic amines) is 1. The van der Waals surface area contributed by atoms with Gasteiger partial charge in [-0.3, -0.25) is 0 Å². The molecule has 5 nitrogen and oxygen atoms in total. The zero-order valence-corrected chi connectivity index (χ0v) is 10.9. The van der Waals surface area contributed by atoms with Gasteiger partial charge < -0.3 is 19.7 Å². The van der Waals surface area contributed by atoms with Crippen molar-refractivity contribution >= 4 is 6.09 Å². The smallest absolute Gasteiger partial charge is 0.410 e. The predicted molar refractivity (Wildman–Crippen MR) is 63.9 cm³/mol. The van der Waals surface area contributed by atoms with Gasteiger partial charge in [0.1, 0.15) is 5.60 Å². The summed E-state index contributed by atoms with van der Waals surface area (Å²) in [5, 5.41) is 3.32. The summed E-state index contributed by atoms with van der Waals surface area (Å²) < 4.78 is 11.1. The molecule has 2 rings (SSSR count). The van der Waals surface area contributed by atoms with Crippen LogP contribution in [-0.4, -0.2) is 55.5 Å². The van der Waals surface area contributed by atoms with Crippen molar-refractivity contribution in [3.05, 3.63) is 0 Å². The van der Waals surface area contributed by atoms with Crippen molar-refractivity contribution in [2.24, 2.45) is 5.92 Å². The largest absolute Gasteiger partial charge is 0.444 e. The first-order valence-corrected chi connectivity index (χ1v) is 6.26. The number of amides is 1. The summed E-state index contributed by atoms with van der Waals surface area (Å²) in [5.74, 6) is 0.394. The lowest BCUT2D eigenvalue weighted by atomic mass is 10.1. The van der Waals surface area contributed by atoms with E-state index in [1.54, 1.807) is 4.90 Å². The quantitative estimate of drug-likeness (QED) is 0.684. The molecule has 2 atom stereocenters. The lowest BCUT2D eigenvalue weighted by Gasteiger charge is -2.24. The van der Waals surface area contributed by atoms with E-state index in [0.29, 0.717) is 12.5 Å². The van der Waals surface area contributed by atoms with Gasteiger partial charge in [-0.1, -0.05) is 0 Å². The number of ether oxygens (including phenoxy) is 2. The van der Waals surface area contributed by atoms with Gasteiger partial charge in [0.05, 0.1) is 19.3 Å². The number of nitrogens with one attached hydrogen (secondary N) is 1. The molecule has 0 spiro atoms. The molecule has 2 unspecified atom stereocenters. The van der Waals surface area contributed by atoms with Gasteiger partial charge in [0.25, 0.3) is 0 Å². The first-order valence-electron chi connectivity index (χ1n) is 6.26. The van der Waals surface area contributed by atoms with Crippen LogP contribution in [0, 0.1) is 5.92 Å². The Kier molecular flexibility index (Phi) is 3.58. The highest BCUT2D eigenvalue weighted by Crippen LogP contribution is 2.22. The van der Waals surface area contributed by atoms with Gasteiger partial charge in [-0.2, -0.15) is 0 Å². The zero-order valence-electron chi connectivity index (χ0n) is 10.9. The van der Waals surface area contributed by atoms with Crippen molar-refractivity contribution < 1.29 is 14.3 Å². The zero-order chi connectivity index (χ0) is 12.5. The minimum absolute atomic E-state index is 0.164. The second-order valence-electron chi connectivity index (χ2n) is 5.76. The van der Waals surface area contributed by atoms with E-state index in [2.05, 4.69) is 5.32 Å². The van der Waals surface area contributed by atoms with E-state index < -0.39 is 5.60 Å². The third-order valence-corrected chi connectivity index (χ3v) is 3.05. The average molecular weight is 242 g/mol. The van der Waals surface area contributed by atoms with Gasteiger partial charge in [0, 0.05) is 25.6 Å². The monoisotopic (exact) mass is 242 g/mol. The number of fused-ring (bicyclic) bond motifs is 1. The Bertz CT molecular complexity index is 274. The lowest BCUT2D eigenvalue weighted by Crippen LogP contribution is -2.36. The van der Waals surface area contributed by atoms with E-state index in [1.807, 2.05) is 20.8 Å². The molecule has 0 aromatic rings. The molecule has 0 saturated carbocycles. The SMILES string of the molecule is CC(C)(C)OC(=O)N1CC2CNCCOC2C1. The second kappa shape index (κ2) is 4.82. The minimum atomic E-state index is -0.430. The highest BCUT2D eigenvalue weighted by atomic mass is 16.6. The molecule has 0 aliphatic carbocycles. The predicted octanol–water partition coefficient (Wildman–Crippen LogP) is 0.842. The van der Waals surface area contributed by atoms with Gasteiger partial charge >= 0.3 is 6.09 Å². The van der Waals surface area contributed by atoms with Crippen LogP contribution in [0.3, 0.4) is 0 Å². The molecule has 0 bridgehead atoms. The van der Waals surface area contributed by atoms with Crippen LogP contribution < -0.4 is 5.32 Å². The minimum Gasteiger partial charge on any atom is -0.444 e. The third-order valence-electron chi connectivity index (χ3n) is 3.05. The molecule has 0 radical (unpaired) electrons. The first kappa shape index (κ1) is 12.6. The molecule has 1 amide bonds. The highest BCUT2D eigenvalue weighted by Gasteiger charge is 2.38. The summed E-state index contributed by atoms with van der Waals surface area (Å²) in [7, 11) is 0. The van der Waals surface area contributed by atoms with Gasteiger partial charge in [-0.05, 0) is 20.8 Å². The topological polar surface area (TPSA) is 50.8 Å². The summed E-state index contributed by atoms with van der Waals surface area (Å²) in [6.45, 7) is 9.59. The van der Waals surface area contributed by atoms with Gasteiger partial charge in [0.15, 0.2) is 0 Å². The maximum absolute atomic E-state index is 11.9. The summed E-state index contributed by atoms with van der Waals surface area (Å²) in [6, 6.07) is 0. The Balaban J connectivity index is 1.90. The maximum atomic E-state index is 11.9. The van der Waals surface area contributed by atoms with Gasteiger partial charge in [-0.15, -0.1) is 0 Å². The van der Waals surface area contributed by atoms with Crippen LogP contribution in [0.2, 0.25) is 0 Å². The molecule has 1 N–H and O–H groups in total. The number of rotatable bonds is 0. The molecule has 2 fully saturated rings. The Labute approximate surface area is 102 Å². The summed E-state index contributed by atoms with van der Waals surface area (Å²) in [6.07, 6.45) is -0.0632. The molecule has 5 heteroatoms. The Hall–Kier alpha value is -0.810. The number of nitrogens with zero attached hydrogens (tertiary/aromatic N) is 1. The molecule has 0 aromatic heterocycles. The highest BCUT2D eigenvalue weighted by molar-refractivity contribution is 5.68. The molecular formula is C12H22N2O3. The van der Waals surface area contributed by atoms with E-state index in [0.717, 1.165) is 26.2 Å². The van der Waals surface area contributed by atoms with Gasteiger partial charge in [0.2, 0.25) is 0 Å². The maximum Gasteiger partial charge on any atom is 0.410 e. The van der Waals surface area contributed by atoms with Crippen molar-refractivity contribution in [1.29, 1.82) is 0 Å². The number of carbonyl (C=O) groups excluding carboxylic acids is 1. The first-order chi connectivity index (χ1) is 7.96. The van der Waals surface area contributed by atoms with E-state index >= 15 is 0 Å². The number of hydrogen-bond acceptors (Lipinski definition) is 4. The molecule has 0 aromatic carbocycles. The van der Waals surface area contributed by atoms with Crippen LogP contribution in [0.15, 0.2) is 0 Å². The summed E-state index contributed by atoms with van der Waals surface area (Å²) in [5.41, 5.74) is -0.430. The fourth-order valence-corrected chi connectivity index (χ4v) is 2.27. The van der Waals surface area contributed by atoms with Crippen LogP contribution in [-0.2, 0) is 9.47 Å². The third kappa shape index (κ3) is 3.33. The van der Waals surface area contributed by atoms with Crippen LogP contribution in [0.25, 0.3) is 0 Å². The van der Waals surface area contributed by atoms with Crippen LogP contribution in [0.4, 0.5) is 4.79 Å². The molecule has 2 aliphatic rings. The molecule has 2 aliphatic heterocycles. The fraction of sp³-hybridized carbons (Fsp3) is 0.917. The molecule has 98 valence electrons. The van der Waals surface area contributed by atoms with E-state index in [-0.39, 0.29) is 12.2 Å². The van der Waals surface area contributed by atoms with E-state index in [4.69, 9.17) is 9.47 Å². The van der Waals surface area contributed by atoms with E-state index in [1.165, 1.54) is 0 Å². The summed E-state index contributed by atoms with van der Waals surface area (Å²) in [4.78, 5) is 13.7. The summed E-state index contributed by atoms with van der Waals surface area (Å²) >= 11 is 0. The van der Waals surface area contributed by atoms with Crippen LogP contribution >= 0.6 is 0 Å². The standard InChI is InChI=1S/C12H22N2O3/c1-12(2,3)17-11(15)14-7-9-6-13-4-5-16-10(9)8-14/h9-10,13H,4-8H2,1-3H3. The molecule has 2 saturated heterocycles. The normalized spacial score (nSPS) is 29.7. The molecular weight excluding hydrogens is 220 g/mol. The number of carbonyl (C=O) groups is 1. The van der Waals surface area contributed by atoms with Crippen molar-refractivity contribution in [2.45, 2.75) is 32.5 Å². The Morgan fingerprint density at radius 2 is 2.18 bits per heavy atom. The van der Waals surface area contributed by atoms with E-state index in [9.17, 15) is 4.79 Å². The van der Waals surface area contributed by atoms with Crippen molar-refractivity contribution in [1.82, 2.24) is 10.2 Å². The fourth-order valence-electron chi connectivity index (χ4n) is 2.27. The number of hydrogen-bond donors (Lipinski definition) is 1. The molecule has 17 heavy (non-hydrogen) atoms. The lowest BCUT2D eigenvalue weighted by molar-refractivity contribution is 0.0214. The average Bonchev–Trinajstić information content (AvgIpc) is 2.48. The van der Waals surface area contributed by atoms with Crippen LogP contribution in [0.5, 0.6) is 0 Å².